The first kappa shape index (κ1) is 20.1. The van der Waals surface area contributed by atoms with Crippen molar-refractivity contribution in [3.8, 4) is 0 Å². The number of carbonyl (C=O) groups is 2. The summed E-state index contributed by atoms with van der Waals surface area (Å²) >= 11 is 1.75. The molecule has 1 aromatic heterocycles. The SMILES string of the molecule is O=C(CCNC(=O)NC1CCCCC1)NCC(c1cccs1)N1CCCC1. The Morgan fingerprint density at radius 1 is 1.11 bits per heavy atom. The molecule has 0 bridgehead atoms. The van der Waals surface area contributed by atoms with E-state index in [2.05, 4.69) is 38.4 Å². The molecule has 1 saturated heterocycles. The standard InChI is InChI=1S/C20H32N4O2S/c25-19(10-11-21-20(26)23-16-7-2-1-3-8-16)22-15-17(18-9-6-14-27-18)24-12-4-5-13-24/h6,9,14,16-17H,1-5,7-8,10-13,15H2,(H,22,25)(H2,21,23,26). The zero-order chi connectivity index (χ0) is 18.9. The monoisotopic (exact) mass is 392 g/mol. The van der Waals surface area contributed by atoms with Crippen LogP contribution in [0.1, 0.15) is 62.3 Å². The molecule has 3 amide bonds. The number of carbonyl (C=O) groups excluding carboxylic acids is 2. The lowest BCUT2D eigenvalue weighted by Gasteiger charge is -2.27. The molecular weight excluding hydrogens is 360 g/mol. The van der Waals surface area contributed by atoms with Gasteiger partial charge < -0.3 is 16.0 Å². The smallest absolute Gasteiger partial charge is 0.315 e. The van der Waals surface area contributed by atoms with E-state index in [1.807, 2.05) is 0 Å². The first-order valence-electron chi connectivity index (χ1n) is 10.3. The second-order valence-corrected chi connectivity index (χ2v) is 8.54. The summed E-state index contributed by atoms with van der Waals surface area (Å²) in [6, 6.07) is 4.62. The van der Waals surface area contributed by atoms with Gasteiger partial charge in [0, 0.05) is 30.4 Å². The lowest BCUT2D eigenvalue weighted by molar-refractivity contribution is -0.121. The first-order chi connectivity index (χ1) is 13.2. The van der Waals surface area contributed by atoms with E-state index in [-0.39, 0.29) is 18.0 Å². The van der Waals surface area contributed by atoms with Crippen LogP contribution in [0.3, 0.4) is 0 Å². The zero-order valence-corrected chi connectivity index (χ0v) is 16.9. The molecule has 6 nitrogen and oxygen atoms in total. The number of thiophene rings is 1. The molecule has 150 valence electrons. The van der Waals surface area contributed by atoms with Crippen LogP contribution in [0.15, 0.2) is 17.5 Å². The van der Waals surface area contributed by atoms with Gasteiger partial charge in [-0.2, -0.15) is 0 Å². The van der Waals surface area contributed by atoms with E-state index in [0.29, 0.717) is 25.6 Å². The maximum Gasteiger partial charge on any atom is 0.315 e. The van der Waals surface area contributed by atoms with Crippen LogP contribution in [0.25, 0.3) is 0 Å². The van der Waals surface area contributed by atoms with Crippen molar-refractivity contribution in [2.24, 2.45) is 0 Å². The summed E-state index contributed by atoms with van der Waals surface area (Å²) in [4.78, 5) is 27.9. The van der Waals surface area contributed by atoms with E-state index in [4.69, 9.17) is 0 Å². The summed E-state index contributed by atoms with van der Waals surface area (Å²) in [5, 5.41) is 11.0. The fourth-order valence-corrected chi connectivity index (χ4v) is 4.88. The quantitative estimate of drug-likeness (QED) is 0.637. The number of hydrogen-bond donors (Lipinski definition) is 3. The van der Waals surface area contributed by atoms with Crippen molar-refractivity contribution in [1.29, 1.82) is 0 Å². The maximum atomic E-state index is 12.2. The zero-order valence-electron chi connectivity index (χ0n) is 16.0. The Labute approximate surface area is 166 Å². The Balaban J connectivity index is 1.35. The van der Waals surface area contributed by atoms with Gasteiger partial charge in [-0.3, -0.25) is 9.69 Å². The fraction of sp³-hybridized carbons (Fsp3) is 0.700. The number of nitrogens with zero attached hydrogens (tertiary/aromatic N) is 1. The largest absolute Gasteiger partial charge is 0.354 e. The second kappa shape index (κ2) is 10.7. The van der Waals surface area contributed by atoms with Gasteiger partial charge in [0.15, 0.2) is 0 Å². The van der Waals surface area contributed by atoms with Crippen LogP contribution >= 0.6 is 11.3 Å². The molecule has 2 aliphatic rings. The highest BCUT2D eigenvalue weighted by Gasteiger charge is 2.24. The van der Waals surface area contributed by atoms with Crippen molar-refractivity contribution in [3.63, 3.8) is 0 Å². The predicted molar refractivity (Wildman–Crippen MR) is 109 cm³/mol. The highest BCUT2D eigenvalue weighted by Crippen LogP contribution is 2.27. The van der Waals surface area contributed by atoms with Crippen molar-refractivity contribution >= 4 is 23.3 Å². The minimum Gasteiger partial charge on any atom is -0.354 e. The van der Waals surface area contributed by atoms with Crippen LogP contribution in [0.5, 0.6) is 0 Å². The van der Waals surface area contributed by atoms with Gasteiger partial charge >= 0.3 is 6.03 Å². The molecule has 1 atom stereocenters. The summed E-state index contributed by atoms with van der Waals surface area (Å²) in [6.45, 7) is 3.20. The third-order valence-corrected chi connectivity index (χ3v) is 6.50. The summed E-state index contributed by atoms with van der Waals surface area (Å²) in [7, 11) is 0. The summed E-state index contributed by atoms with van der Waals surface area (Å²) in [5.41, 5.74) is 0. The number of nitrogens with one attached hydrogen (secondary N) is 3. The third kappa shape index (κ3) is 6.50. The predicted octanol–water partition coefficient (Wildman–Crippen LogP) is 3.02. The highest BCUT2D eigenvalue weighted by atomic mass is 32.1. The summed E-state index contributed by atoms with van der Waals surface area (Å²) in [6.07, 6.45) is 8.55. The normalized spacial score (nSPS) is 19.6. The van der Waals surface area contributed by atoms with Gasteiger partial charge in [-0.15, -0.1) is 11.3 Å². The molecule has 1 aromatic rings. The topological polar surface area (TPSA) is 73.5 Å². The molecule has 3 rings (SSSR count). The summed E-state index contributed by atoms with van der Waals surface area (Å²) < 4.78 is 0. The van der Waals surface area contributed by atoms with E-state index in [9.17, 15) is 9.59 Å². The van der Waals surface area contributed by atoms with Crippen LogP contribution in [0, 0.1) is 0 Å². The molecule has 0 aromatic carbocycles. The van der Waals surface area contributed by atoms with Crippen molar-refractivity contribution in [1.82, 2.24) is 20.9 Å². The molecular formula is C20H32N4O2S. The van der Waals surface area contributed by atoms with Crippen LogP contribution in [0.4, 0.5) is 4.79 Å². The Morgan fingerprint density at radius 3 is 2.59 bits per heavy atom. The van der Waals surface area contributed by atoms with Crippen LogP contribution < -0.4 is 16.0 Å². The van der Waals surface area contributed by atoms with E-state index in [1.54, 1.807) is 11.3 Å². The van der Waals surface area contributed by atoms with Gasteiger partial charge in [-0.25, -0.2) is 4.79 Å². The molecule has 2 fully saturated rings. The summed E-state index contributed by atoms with van der Waals surface area (Å²) in [5.74, 6) is -0.00582. The first-order valence-corrected chi connectivity index (χ1v) is 11.2. The van der Waals surface area contributed by atoms with E-state index in [0.717, 1.165) is 25.9 Å². The Kier molecular flexibility index (Phi) is 7.95. The van der Waals surface area contributed by atoms with E-state index < -0.39 is 0 Å². The molecule has 0 radical (unpaired) electrons. The molecule has 27 heavy (non-hydrogen) atoms. The van der Waals surface area contributed by atoms with Crippen LogP contribution in [-0.4, -0.2) is 49.1 Å². The Hall–Kier alpha value is -1.60. The number of amides is 3. The van der Waals surface area contributed by atoms with E-state index in [1.165, 1.54) is 37.0 Å². The molecule has 1 unspecified atom stereocenters. The van der Waals surface area contributed by atoms with Crippen molar-refractivity contribution in [3.05, 3.63) is 22.4 Å². The fourth-order valence-electron chi connectivity index (χ4n) is 4.02. The molecule has 1 saturated carbocycles. The highest BCUT2D eigenvalue weighted by molar-refractivity contribution is 7.10. The third-order valence-electron chi connectivity index (χ3n) is 5.52. The van der Waals surface area contributed by atoms with E-state index >= 15 is 0 Å². The molecule has 1 aliphatic carbocycles. The lowest BCUT2D eigenvalue weighted by Crippen LogP contribution is -2.44. The van der Waals surface area contributed by atoms with Gasteiger partial charge in [0.1, 0.15) is 0 Å². The molecule has 1 aliphatic heterocycles. The second-order valence-electron chi connectivity index (χ2n) is 7.56. The van der Waals surface area contributed by atoms with Crippen molar-refractivity contribution in [2.45, 2.75) is 63.5 Å². The Bertz CT molecular complexity index is 581. The number of rotatable bonds is 8. The number of urea groups is 1. The van der Waals surface area contributed by atoms with Crippen LogP contribution in [0.2, 0.25) is 0 Å². The number of likely N-dealkylation sites (tertiary alicyclic amines) is 1. The minimum absolute atomic E-state index is 0.00582. The van der Waals surface area contributed by atoms with Gasteiger partial charge in [-0.05, 0) is 50.2 Å². The number of hydrogen-bond acceptors (Lipinski definition) is 4. The van der Waals surface area contributed by atoms with Gasteiger partial charge in [0.05, 0.1) is 6.04 Å². The molecule has 7 heteroatoms. The average molecular weight is 393 g/mol. The average Bonchev–Trinajstić information content (AvgIpc) is 3.37. The molecule has 3 N–H and O–H groups in total. The maximum absolute atomic E-state index is 12.2. The molecule has 0 spiro atoms. The van der Waals surface area contributed by atoms with Crippen LogP contribution in [-0.2, 0) is 4.79 Å². The lowest BCUT2D eigenvalue weighted by atomic mass is 9.96. The van der Waals surface area contributed by atoms with Crippen molar-refractivity contribution in [2.75, 3.05) is 26.2 Å². The molecule has 2 heterocycles. The van der Waals surface area contributed by atoms with Crippen molar-refractivity contribution < 1.29 is 9.59 Å². The minimum atomic E-state index is -0.150. The van der Waals surface area contributed by atoms with Gasteiger partial charge in [0.2, 0.25) is 5.91 Å². The Morgan fingerprint density at radius 2 is 1.89 bits per heavy atom. The van der Waals surface area contributed by atoms with Gasteiger partial charge in [0.25, 0.3) is 0 Å². The van der Waals surface area contributed by atoms with Gasteiger partial charge in [-0.1, -0.05) is 25.3 Å².